The first kappa shape index (κ1) is 16.0. The largest absolute Gasteiger partial charge is 0.399 e. The summed E-state index contributed by atoms with van der Waals surface area (Å²) in [7, 11) is 0. The Morgan fingerprint density at radius 1 is 1.00 bits per heavy atom. The Balaban J connectivity index is 1.96. The Morgan fingerprint density at radius 2 is 1.62 bits per heavy atom. The van der Waals surface area contributed by atoms with Crippen LogP contribution in [0.5, 0.6) is 0 Å². The quantitative estimate of drug-likeness (QED) is 0.619. The molecule has 2 aromatic rings. The van der Waals surface area contributed by atoms with E-state index in [1.807, 2.05) is 24.3 Å². The first-order valence-electron chi connectivity index (χ1n) is 6.24. The molecule has 0 bridgehead atoms. The van der Waals surface area contributed by atoms with Crippen molar-refractivity contribution in [1.82, 2.24) is 0 Å². The van der Waals surface area contributed by atoms with Crippen LogP contribution in [0, 0.1) is 0 Å². The summed E-state index contributed by atoms with van der Waals surface area (Å²) in [6, 6.07) is 10.4. The number of aryl methyl sites for hydroxylation is 1. The molecule has 6 heteroatoms. The minimum atomic E-state index is -0.146. The van der Waals surface area contributed by atoms with Crippen molar-refractivity contribution in [3.05, 3.63) is 57.0 Å². The number of carbonyl (C=O) groups is 1. The number of nitrogens with one attached hydrogen (secondary N) is 1. The predicted molar refractivity (Wildman–Crippen MR) is 89.3 cm³/mol. The van der Waals surface area contributed by atoms with Crippen LogP contribution >= 0.6 is 34.8 Å². The van der Waals surface area contributed by atoms with E-state index in [0.717, 1.165) is 5.56 Å². The lowest BCUT2D eigenvalue weighted by atomic mass is 10.1. The summed E-state index contributed by atoms with van der Waals surface area (Å²) < 4.78 is 0. The molecule has 1 amide bonds. The molecule has 3 N–H and O–H groups in total. The highest BCUT2D eigenvalue weighted by molar-refractivity contribution is 6.44. The summed E-state index contributed by atoms with van der Waals surface area (Å²) in [6.07, 6.45) is 0.950. The third-order valence-corrected chi connectivity index (χ3v) is 3.94. The van der Waals surface area contributed by atoms with Gasteiger partial charge in [0.15, 0.2) is 0 Å². The Morgan fingerprint density at radius 3 is 2.29 bits per heavy atom. The maximum atomic E-state index is 11.9. The maximum Gasteiger partial charge on any atom is 0.224 e. The monoisotopic (exact) mass is 342 g/mol. The molecule has 0 radical (unpaired) electrons. The molecule has 0 spiro atoms. The average molecular weight is 344 g/mol. The van der Waals surface area contributed by atoms with Gasteiger partial charge in [-0.1, -0.05) is 46.9 Å². The SMILES string of the molecule is Nc1ccc(CCC(=O)Nc2cc(Cl)c(Cl)cc2Cl)cc1. The van der Waals surface area contributed by atoms with Crippen LogP contribution in [0.2, 0.25) is 15.1 Å². The van der Waals surface area contributed by atoms with Crippen molar-refractivity contribution in [2.24, 2.45) is 0 Å². The number of hydrogen-bond donors (Lipinski definition) is 2. The first-order valence-corrected chi connectivity index (χ1v) is 7.38. The van der Waals surface area contributed by atoms with Crippen LogP contribution in [-0.2, 0) is 11.2 Å². The molecule has 0 fully saturated rings. The summed E-state index contributed by atoms with van der Waals surface area (Å²) in [5, 5.41) is 3.76. The zero-order valence-electron chi connectivity index (χ0n) is 11.0. The maximum absolute atomic E-state index is 11.9. The molecule has 0 unspecified atom stereocenters. The van der Waals surface area contributed by atoms with E-state index in [-0.39, 0.29) is 5.91 Å². The molecule has 0 saturated heterocycles. The van der Waals surface area contributed by atoms with E-state index in [0.29, 0.717) is 39.3 Å². The lowest BCUT2D eigenvalue weighted by Crippen LogP contribution is -2.12. The topological polar surface area (TPSA) is 55.1 Å². The van der Waals surface area contributed by atoms with Crippen LogP contribution in [0.25, 0.3) is 0 Å². The molecule has 0 heterocycles. The minimum absolute atomic E-state index is 0.146. The smallest absolute Gasteiger partial charge is 0.224 e. The van der Waals surface area contributed by atoms with Crippen LogP contribution in [0.3, 0.4) is 0 Å². The standard InChI is InChI=1S/C15H13Cl3N2O/c16-11-7-13(18)14(8-12(11)17)20-15(21)6-3-9-1-4-10(19)5-2-9/h1-2,4-5,7-8H,3,6,19H2,(H,20,21). The average Bonchev–Trinajstić information content (AvgIpc) is 2.44. The number of halogens is 3. The molecule has 0 aliphatic heterocycles. The molecular weight excluding hydrogens is 331 g/mol. The number of carbonyl (C=O) groups excluding carboxylic acids is 1. The molecule has 21 heavy (non-hydrogen) atoms. The van der Waals surface area contributed by atoms with Gasteiger partial charge in [-0.2, -0.15) is 0 Å². The molecule has 0 aliphatic rings. The molecular formula is C15H13Cl3N2O. The zero-order chi connectivity index (χ0) is 15.4. The Bertz CT molecular complexity index is 657. The van der Waals surface area contributed by atoms with Crippen molar-refractivity contribution in [3.63, 3.8) is 0 Å². The third-order valence-electron chi connectivity index (χ3n) is 2.90. The number of nitrogen functional groups attached to an aromatic ring is 1. The Hall–Kier alpha value is -1.42. The predicted octanol–water partition coefficient (Wildman–Crippen LogP) is 4.80. The molecule has 3 nitrogen and oxygen atoms in total. The fourth-order valence-electron chi connectivity index (χ4n) is 1.77. The highest BCUT2D eigenvalue weighted by Crippen LogP contribution is 2.32. The number of amides is 1. The first-order chi connectivity index (χ1) is 9.95. The molecule has 0 aromatic heterocycles. The highest BCUT2D eigenvalue weighted by atomic mass is 35.5. The van der Waals surface area contributed by atoms with E-state index in [1.54, 1.807) is 0 Å². The second-order valence-electron chi connectivity index (χ2n) is 4.54. The van der Waals surface area contributed by atoms with Gasteiger partial charge in [-0.3, -0.25) is 4.79 Å². The Labute approximate surface area is 138 Å². The van der Waals surface area contributed by atoms with Crippen LogP contribution < -0.4 is 11.1 Å². The molecule has 0 aliphatic carbocycles. The summed E-state index contributed by atoms with van der Waals surface area (Å²) in [5.74, 6) is -0.146. The van der Waals surface area contributed by atoms with Gasteiger partial charge >= 0.3 is 0 Å². The fraction of sp³-hybridized carbons (Fsp3) is 0.133. The van der Waals surface area contributed by atoms with Crippen LogP contribution in [0.15, 0.2) is 36.4 Å². The number of hydrogen-bond acceptors (Lipinski definition) is 2. The molecule has 0 atom stereocenters. The van der Waals surface area contributed by atoms with Crippen LogP contribution in [-0.4, -0.2) is 5.91 Å². The van der Waals surface area contributed by atoms with Crippen molar-refractivity contribution in [3.8, 4) is 0 Å². The van der Waals surface area contributed by atoms with Crippen molar-refractivity contribution in [1.29, 1.82) is 0 Å². The summed E-state index contributed by atoms with van der Waals surface area (Å²) >= 11 is 17.7. The van der Waals surface area contributed by atoms with Crippen molar-refractivity contribution in [2.75, 3.05) is 11.1 Å². The van der Waals surface area contributed by atoms with Crippen molar-refractivity contribution >= 4 is 52.1 Å². The number of rotatable bonds is 4. The molecule has 0 saturated carbocycles. The van der Waals surface area contributed by atoms with Crippen LogP contribution in [0.1, 0.15) is 12.0 Å². The lowest BCUT2D eigenvalue weighted by Gasteiger charge is -2.09. The second-order valence-corrected chi connectivity index (χ2v) is 5.76. The van der Waals surface area contributed by atoms with Crippen molar-refractivity contribution < 1.29 is 4.79 Å². The third kappa shape index (κ3) is 4.53. The van der Waals surface area contributed by atoms with Gasteiger partial charge in [0, 0.05) is 12.1 Å². The van der Waals surface area contributed by atoms with Crippen LogP contribution in [0.4, 0.5) is 11.4 Å². The normalized spacial score (nSPS) is 10.4. The van der Waals surface area contributed by atoms with Crippen molar-refractivity contribution in [2.45, 2.75) is 12.8 Å². The van der Waals surface area contributed by atoms with Gasteiger partial charge in [0.25, 0.3) is 0 Å². The fourth-order valence-corrected chi connectivity index (χ4v) is 2.37. The minimum Gasteiger partial charge on any atom is -0.399 e. The zero-order valence-corrected chi connectivity index (χ0v) is 13.3. The number of nitrogens with two attached hydrogens (primary N) is 1. The molecule has 110 valence electrons. The van der Waals surface area contributed by atoms with E-state index < -0.39 is 0 Å². The van der Waals surface area contributed by atoms with E-state index in [9.17, 15) is 4.79 Å². The summed E-state index contributed by atoms with van der Waals surface area (Å²) in [6.45, 7) is 0. The number of benzene rings is 2. The number of anilines is 2. The van der Waals surface area contributed by atoms with Gasteiger partial charge in [-0.25, -0.2) is 0 Å². The molecule has 2 aromatic carbocycles. The van der Waals surface area contributed by atoms with Gasteiger partial charge in [0.05, 0.1) is 20.8 Å². The summed E-state index contributed by atoms with van der Waals surface area (Å²) in [5.41, 5.74) is 7.80. The van der Waals surface area contributed by atoms with E-state index >= 15 is 0 Å². The van der Waals surface area contributed by atoms with Gasteiger partial charge in [0.2, 0.25) is 5.91 Å². The highest BCUT2D eigenvalue weighted by Gasteiger charge is 2.09. The van der Waals surface area contributed by atoms with Gasteiger partial charge in [-0.15, -0.1) is 0 Å². The summed E-state index contributed by atoms with van der Waals surface area (Å²) in [4.78, 5) is 11.9. The van der Waals surface area contributed by atoms with E-state index in [2.05, 4.69) is 5.32 Å². The van der Waals surface area contributed by atoms with E-state index in [1.165, 1.54) is 12.1 Å². The van der Waals surface area contributed by atoms with Gasteiger partial charge in [0.1, 0.15) is 0 Å². The Kier molecular flexibility index (Phi) is 5.34. The van der Waals surface area contributed by atoms with E-state index in [4.69, 9.17) is 40.5 Å². The molecule has 2 rings (SSSR count). The van der Waals surface area contributed by atoms with Gasteiger partial charge in [-0.05, 0) is 36.2 Å². The van der Waals surface area contributed by atoms with Gasteiger partial charge < -0.3 is 11.1 Å². The lowest BCUT2D eigenvalue weighted by molar-refractivity contribution is -0.116. The second kappa shape index (κ2) is 7.03.